The molecule has 3 aromatic rings. The Labute approximate surface area is 153 Å². The fourth-order valence-electron chi connectivity index (χ4n) is 2.87. The van der Waals surface area contributed by atoms with E-state index in [9.17, 15) is 13.2 Å². The first-order chi connectivity index (χ1) is 12.3. The number of fused-ring (bicyclic) bond motifs is 1. The highest BCUT2D eigenvalue weighted by Gasteiger charge is 2.27. The van der Waals surface area contributed by atoms with Crippen molar-refractivity contribution in [2.45, 2.75) is 31.6 Å². The molecule has 0 aliphatic rings. The van der Waals surface area contributed by atoms with Crippen LogP contribution in [0, 0.1) is 6.92 Å². The largest absolute Gasteiger partial charge is 0.464 e. The zero-order valence-corrected chi connectivity index (χ0v) is 16.0. The number of benzene rings is 2. The van der Waals surface area contributed by atoms with Crippen molar-refractivity contribution in [2.24, 2.45) is 0 Å². The lowest BCUT2D eigenvalue weighted by molar-refractivity contribution is 0.0593. The predicted molar refractivity (Wildman–Crippen MR) is 101 cm³/mol. The molecular weight excluding hydrogens is 350 g/mol. The summed E-state index contributed by atoms with van der Waals surface area (Å²) in [4.78, 5) is 12.4. The average molecular weight is 371 g/mol. The van der Waals surface area contributed by atoms with Crippen molar-refractivity contribution in [3.63, 3.8) is 0 Å². The Morgan fingerprint density at radius 2 is 1.69 bits per heavy atom. The number of methoxy groups -OCH3 is 1. The molecule has 6 heteroatoms. The van der Waals surface area contributed by atoms with E-state index in [1.807, 2.05) is 39.0 Å². The number of rotatable bonds is 4. The summed E-state index contributed by atoms with van der Waals surface area (Å²) < 4.78 is 32.5. The van der Waals surface area contributed by atoms with Crippen LogP contribution in [0.1, 0.15) is 41.4 Å². The van der Waals surface area contributed by atoms with E-state index in [1.165, 1.54) is 7.11 Å². The Bertz CT molecular complexity index is 1080. The van der Waals surface area contributed by atoms with Gasteiger partial charge in [-0.2, -0.15) is 0 Å². The van der Waals surface area contributed by atoms with E-state index in [2.05, 4.69) is 0 Å². The summed E-state index contributed by atoms with van der Waals surface area (Å²) in [5.41, 5.74) is 2.41. The highest BCUT2D eigenvalue weighted by atomic mass is 32.2. The number of hydrogen-bond acceptors (Lipinski definition) is 4. The van der Waals surface area contributed by atoms with Crippen molar-refractivity contribution in [3.05, 3.63) is 65.4 Å². The first-order valence-electron chi connectivity index (χ1n) is 8.31. The smallest absolute Gasteiger partial charge is 0.355 e. The normalized spacial score (nSPS) is 11.9. The Hall–Kier alpha value is -2.60. The third-order valence-corrected chi connectivity index (χ3v) is 6.15. The maximum absolute atomic E-state index is 13.3. The van der Waals surface area contributed by atoms with Crippen molar-refractivity contribution < 1.29 is 17.9 Å². The van der Waals surface area contributed by atoms with Gasteiger partial charge in [-0.25, -0.2) is 17.2 Å². The average Bonchev–Trinajstić information content (AvgIpc) is 3.00. The third kappa shape index (κ3) is 3.01. The van der Waals surface area contributed by atoms with Gasteiger partial charge in [0.2, 0.25) is 0 Å². The molecule has 0 unspecified atom stereocenters. The highest BCUT2D eigenvalue weighted by molar-refractivity contribution is 7.90. The summed E-state index contributed by atoms with van der Waals surface area (Å²) in [7, 11) is -2.71. The molecule has 0 radical (unpaired) electrons. The Morgan fingerprint density at radius 1 is 1.04 bits per heavy atom. The van der Waals surface area contributed by atoms with Crippen molar-refractivity contribution in [3.8, 4) is 0 Å². The molecule has 0 saturated heterocycles. The summed E-state index contributed by atoms with van der Waals surface area (Å²) in [5, 5.41) is 0.672. The van der Waals surface area contributed by atoms with Gasteiger partial charge in [-0.3, -0.25) is 0 Å². The standard InChI is InChI=1S/C20H21NO4S/c1-13(2)15-7-8-16-12-19(20(22)25-4)21(18(16)11-15)26(23,24)17-9-5-14(3)6-10-17/h5-13H,1-4H3. The molecule has 0 saturated carbocycles. The molecule has 0 spiro atoms. The molecule has 26 heavy (non-hydrogen) atoms. The molecule has 0 aliphatic heterocycles. The molecule has 1 aromatic heterocycles. The number of aromatic nitrogens is 1. The maximum Gasteiger partial charge on any atom is 0.355 e. The third-order valence-electron chi connectivity index (χ3n) is 4.40. The molecule has 0 N–H and O–H groups in total. The molecule has 5 nitrogen and oxygen atoms in total. The lowest BCUT2D eigenvalue weighted by Gasteiger charge is -2.12. The molecule has 0 aliphatic carbocycles. The van der Waals surface area contributed by atoms with E-state index in [0.29, 0.717) is 10.9 Å². The van der Waals surface area contributed by atoms with Gasteiger partial charge in [-0.15, -0.1) is 0 Å². The minimum atomic E-state index is -3.95. The zero-order valence-electron chi connectivity index (χ0n) is 15.2. The number of carbonyl (C=O) groups excluding carboxylic acids is 1. The summed E-state index contributed by atoms with van der Waals surface area (Å²) in [6, 6.07) is 13.7. The SMILES string of the molecule is COC(=O)c1cc2ccc(C(C)C)cc2n1S(=O)(=O)c1ccc(C)cc1. The van der Waals surface area contributed by atoms with Crippen LogP contribution < -0.4 is 0 Å². The number of carbonyl (C=O) groups is 1. The van der Waals surface area contributed by atoms with E-state index in [0.717, 1.165) is 15.1 Å². The summed E-state index contributed by atoms with van der Waals surface area (Å²) in [6.45, 7) is 5.95. The van der Waals surface area contributed by atoms with E-state index in [4.69, 9.17) is 4.74 Å². The van der Waals surface area contributed by atoms with Crippen molar-refractivity contribution >= 4 is 26.9 Å². The maximum atomic E-state index is 13.3. The molecule has 136 valence electrons. The molecule has 3 rings (SSSR count). The fraction of sp³-hybridized carbons (Fsp3) is 0.250. The number of hydrogen-bond donors (Lipinski definition) is 0. The number of esters is 1. The fourth-order valence-corrected chi connectivity index (χ4v) is 4.37. The second-order valence-electron chi connectivity index (χ2n) is 6.58. The van der Waals surface area contributed by atoms with Crippen LogP contribution in [0.3, 0.4) is 0 Å². The molecule has 0 bridgehead atoms. The van der Waals surface area contributed by atoms with Gasteiger partial charge < -0.3 is 4.74 Å². The predicted octanol–water partition coefficient (Wildman–Crippen LogP) is 4.10. The van der Waals surface area contributed by atoms with E-state index in [1.54, 1.807) is 30.3 Å². The van der Waals surface area contributed by atoms with Crippen LogP contribution in [0.15, 0.2) is 53.4 Å². The molecule has 0 amide bonds. The summed E-state index contributed by atoms with van der Waals surface area (Å²) in [5.74, 6) is -0.464. The monoisotopic (exact) mass is 371 g/mol. The van der Waals surface area contributed by atoms with Gasteiger partial charge in [0.05, 0.1) is 17.5 Å². The van der Waals surface area contributed by atoms with Crippen LogP contribution >= 0.6 is 0 Å². The first-order valence-corrected chi connectivity index (χ1v) is 9.75. The van der Waals surface area contributed by atoms with E-state index < -0.39 is 16.0 Å². The van der Waals surface area contributed by atoms with Gasteiger partial charge in [0.1, 0.15) is 5.69 Å². The lowest BCUT2D eigenvalue weighted by Crippen LogP contribution is -2.19. The molecular formula is C20H21NO4S. The second kappa shape index (κ2) is 6.61. The first kappa shape index (κ1) is 18.2. The Kier molecular flexibility index (Phi) is 4.63. The van der Waals surface area contributed by atoms with Crippen molar-refractivity contribution in [1.82, 2.24) is 3.97 Å². The van der Waals surface area contributed by atoms with Crippen LogP contribution in [0.4, 0.5) is 0 Å². The topological polar surface area (TPSA) is 65.4 Å². The van der Waals surface area contributed by atoms with Crippen molar-refractivity contribution in [1.29, 1.82) is 0 Å². The number of aryl methyl sites for hydroxylation is 1. The number of ether oxygens (including phenoxy) is 1. The molecule has 1 heterocycles. The van der Waals surface area contributed by atoms with Gasteiger partial charge in [-0.05, 0) is 42.7 Å². The van der Waals surface area contributed by atoms with Crippen LogP contribution in [0.5, 0.6) is 0 Å². The Morgan fingerprint density at radius 3 is 2.27 bits per heavy atom. The van der Waals surface area contributed by atoms with E-state index >= 15 is 0 Å². The molecule has 0 atom stereocenters. The molecule has 0 fully saturated rings. The van der Waals surface area contributed by atoms with Gasteiger partial charge in [-0.1, -0.05) is 43.7 Å². The second-order valence-corrected chi connectivity index (χ2v) is 8.36. The van der Waals surface area contributed by atoms with Crippen LogP contribution in [0.25, 0.3) is 10.9 Å². The highest BCUT2D eigenvalue weighted by Crippen LogP contribution is 2.29. The van der Waals surface area contributed by atoms with Gasteiger partial charge in [0.15, 0.2) is 0 Å². The van der Waals surface area contributed by atoms with E-state index in [-0.39, 0.29) is 16.5 Å². The summed E-state index contributed by atoms with van der Waals surface area (Å²) in [6.07, 6.45) is 0. The lowest BCUT2D eigenvalue weighted by atomic mass is 10.0. The Balaban J connectivity index is 2.35. The zero-order chi connectivity index (χ0) is 19.1. The minimum Gasteiger partial charge on any atom is -0.464 e. The molecule has 2 aromatic carbocycles. The van der Waals surface area contributed by atoms with Gasteiger partial charge >= 0.3 is 5.97 Å². The van der Waals surface area contributed by atoms with Gasteiger partial charge in [0, 0.05) is 5.39 Å². The number of nitrogens with zero attached hydrogens (tertiary/aromatic N) is 1. The van der Waals surface area contributed by atoms with Crippen LogP contribution in [-0.4, -0.2) is 25.5 Å². The van der Waals surface area contributed by atoms with Gasteiger partial charge in [0.25, 0.3) is 10.0 Å². The van der Waals surface area contributed by atoms with Crippen LogP contribution in [0.2, 0.25) is 0 Å². The van der Waals surface area contributed by atoms with Crippen molar-refractivity contribution in [2.75, 3.05) is 7.11 Å². The summed E-state index contributed by atoms with van der Waals surface area (Å²) >= 11 is 0. The van der Waals surface area contributed by atoms with Crippen LogP contribution in [-0.2, 0) is 14.8 Å². The minimum absolute atomic E-state index is 0.0102. The quantitative estimate of drug-likeness (QED) is 0.648.